The van der Waals surface area contributed by atoms with E-state index < -0.39 is 0 Å². The van der Waals surface area contributed by atoms with Gasteiger partial charge in [0, 0.05) is 16.3 Å². The van der Waals surface area contributed by atoms with Crippen molar-refractivity contribution in [1.29, 1.82) is 0 Å². The van der Waals surface area contributed by atoms with E-state index in [1.54, 1.807) is 18.2 Å². The summed E-state index contributed by atoms with van der Waals surface area (Å²) >= 11 is 6.08. The molecular weight excluding hydrogens is 310 g/mol. The molecule has 23 heavy (non-hydrogen) atoms. The maximum atomic E-state index is 12.4. The van der Waals surface area contributed by atoms with Crippen molar-refractivity contribution >= 4 is 34.2 Å². The normalized spacial score (nSPS) is 10.8. The van der Waals surface area contributed by atoms with Crippen LogP contribution in [0.15, 0.2) is 36.4 Å². The molecule has 2 aromatic carbocycles. The summed E-state index contributed by atoms with van der Waals surface area (Å²) in [7, 11) is 0. The average molecular weight is 326 g/mol. The first kappa shape index (κ1) is 15.4. The number of hydrogen-bond acceptors (Lipinski definition) is 3. The Balaban J connectivity index is 1.91. The molecule has 0 radical (unpaired) electrons. The molecule has 0 fully saturated rings. The quantitative estimate of drug-likeness (QED) is 0.756. The molecule has 1 N–H and O–H groups in total. The summed E-state index contributed by atoms with van der Waals surface area (Å²) in [6.45, 7) is 5.74. The van der Waals surface area contributed by atoms with Gasteiger partial charge in [-0.15, -0.1) is 0 Å². The minimum Gasteiger partial charge on any atom is -0.322 e. The molecular formula is C18H16ClN3O. The van der Waals surface area contributed by atoms with E-state index in [9.17, 15) is 4.79 Å². The Morgan fingerprint density at radius 2 is 1.65 bits per heavy atom. The molecule has 0 aliphatic carbocycles. The number of anilines is 1. The van der Waals surface area contributed by atoms with E-state index in [-0.39, 0.29) is 5.91 Å². The van der Waals surface area contributed by atoms with E-state index in [4.69, 9.17) is 11.6 Å². The van der Waals surface area contributed by atoms with Gasteiger partial charge in [-0.3, -0.25) is 4.79 Å². The second-order valence-electron chi connectivity index (χ2n) is 5.52. The number of benzene rings is 2. The molecule has 1 amide bonds. The van der Waals surface area contributed by atoms with Gasteiger partial charge in [0.25, 0.3) is 5.91 Å². The summed E-state index contributed by atoms with van der Waals surface area (Å²) in [5.74, 6) is -0.202. The molecule has 0 saturated carbocycles. The zero-order chi connectivity index (χ0) is 16.6. The van der Waals surface area contributed by atoms with E-state index in [2.05, 4.69) is 15.3 Å². The largest absolute Gasteiger partial charge is 0.322 e. The third-order valence-corrected chi connectivity index (χ3v) is 4.17. The van der Waals surface area contributed by atoms with Crippen molar-refractivity contribution in [3.63, 3.8) is 0 Å². The molecule has 3 aromatic rings. The third-order valence-electron chi connectivity index (χ3n) is 3.77. The van der Waals surface area contributed by atoms with Crippen LogP contribution in [0.3, 0.4) is 0 Å². The van der Waals surface area contributed by atoms with Crippen LogP contribution in [0.5, 0.6) is 0 Å². The van der Waals surface area contributed by atoms with E-state index in [1.165, 1.54) is 0 Å². The lowest BCUT2D eigenvalue weighted by Crippen LogP contribution is -2.12. The Morgan fingerprint density at radius 1 is 0.957 bits per heavy atom. The van der Waals surface area contributed by atoms with Crippen LogP contribution in [-0.2, 0) is 0 Å². The third kappa shape index (κ3) is 3.17. The SMILES string of the molecule is Cc1ccc(NC(=O)c2ccc3nc(C)c(C)nc3c2)cc1Cl. The highest BCUT2D eigenvalue weighted by atomic mass is 35.5. The van der Waals surface area contributed by atoms with Crippen molar-refractivity contribution in [1.82, 2.24) is 9.97 Å². The van der Waals surface area contributed by atoms with E-state index >= 15 is 0 Å². The number of aryl methyl sites for hydroxylation is 3. The number of nitrogens with zero attached hydrogens (tertiary/aromatic N) is 2. The molecule has 4 nitrogen and oxygen atoms in total. The Labute approximate surface area is 139 Å². The first-order valence-electron chi connectivity index (χ1n) is 7.26. The smallest absolute Gasteiger partial charge is 0.255 e. The van der Waals surface area contributed by atoms with Crippen LogP contribution >= 0.6 is 11.6 Å². The van der Waals surface area contributed by atoms with Gasteiger partial charge in [-0.25, -0.2) is 9.97 Å². The van der Waals surface area contributed by atoms with Crippen molar-refractivity contribution in [3.8, 4) is 0 Å². The lowest BCUT2D eigenvalue weighted by Gasteiger charge is -2.08. The van der Waals surface area contributed by atoms with Gasteiger partial charge in [-0.1, -0.05) is 17.7 Å². The summed E-state index contributed by atoms with van der Waals surface area (Å²) in [6, 6.07) is 10.7. The van der Waals surface area contributed by atoms with Gasteiger partial charge in [-0.2, -0.15) is 0 Å². The van der Waals surface area contributed by atoms with E-state index in [1.807, 2.05) is 39.0 Å². The van der Waals surface area contributed by atoms with Crippen LogP contribution in [-0.4, -0.2) is 15.9 Å². The number of amides is 1. The lowest BCUT2D eigenvalue weighted by molar-refractivity contribution is 0.102. The minimum absolute atomic E-state index is 0.202. The average Bonchev–Trinajstić information content (AvgIpc) is 2.51. The number of carbonyl (C=O) groups excluding carboxylic acids is 1. The highest BCUT2D eigenvalue weighted by Gasteiger charge is 2.10. The molecule has 0 aliphatic rings. The Bertz CT molecular complexity index is 922. The summed E-state index contributed by atoms with van der Waals surface area (Å²) in [5, 5.41) is 3.47. The van der Waals surface area contributed by atoms with Crippen LogP contribution in [0.4, 0.5) is 5.69 Å². The lowest BCUT2D eigenvalue weighted by atomic mass is 10.1. The molecule has 0 spiro atoms. The maximum Gasteiger partial charge on any atom is 0.255 e. The van der Waals surface area contributed by atoms with Crippen LogP contribution in [0.1, 0.15) is 27.3 Å². The number of carbonyl (C=O) groups is 1. The molecule has 5 heteroatoms. The van der Waals surface area contributed by atoms with Gasteiger partial charge >= 0.3 is 0 Å². The predicted octanol–water partition coefficient (Wildman–Crippen LogP) is 4.46. The monoisotopic (exact) mass is 325 g/mol. The zero-order valence-corrected chi connectivity index (χ0v) is 13.9. The van der Waals surface area contributed by atoms with Crippen molar-refractivity contribution in [2.24, 2.45) is 0 Å². The highest BCUT2D eigenvalue weighted by Crippen LogP contribution is 2.21. The molecule has 0 saturated heterocycles. The molecule has 116 valence electrons. The maximum absolute atomic E-state index is 12.4. The second kappa shape index (κ2) is 5.97. The fourth-order valence-corrected chi connectivity index (χ4v) is 2.43. The Morgan fingerprint density at radius 3 is 2.35 bits per heavy atom. The van der Waals surface area contributed by atoms with Crippen LogP contribution in [0.2, 0.25) is 5.02 Å². The summed E-state index contributed by atoms with van der Waals surface area (Å²) in [5.41, 5.74) is 5.41. The molecule has 0 atom stereocenters. The van der Waals surface area contributed by atoms with Crippen molar-refractivity contribution < 1.29 is 4.79 Å². The molecule has 0 bridgehead atoms. The number of fused-ring (bicyclic) bond motifs is 1. The van der Waals surface area contributed by atoms with Gasteiger partial charge < -0.3 is 5.32 Å². The fraction of sp³-hybridized carbons (Fsp3) is 0.167. The standard InChI is InChI=1S/C18H16ClN3O/c1-10-4-6-14(9-15(10)19)22-18(23)13-5-7-16-17(8-13)21-12(3)11(2)20-16/h4-9H,1-3H3,(H,22,23). The molecule has 1 heterocycles. The fourth-order valence-electron chi connectivity index (χ4n) is 2.25. The number of nitrogens with one attached hydrogen (secondary N) is 1. The number of halogens is 1. The Kier molecular flexibility index (Phi) is 4.01. The van der Waals surface area contributed by atoms with Crippen LogP contribution < -0.4 is 5.32 Å². The van der Waals surface area contributed by atoms with Gasteiger partial charge in [-0.05, 0) is 56.7 Å². The van der Waals surface area contributed by atoms with Gasteiger partial charge in [0.1, 0.15) is 0 Å². The van der Waals surface area contributed by atoms with Crippen molar-refractivity contribution in [2.45, 2.75) is 20.8 Å². The summed E-state index contributed by atoms with van der Waals surface area (Å²) in [4.78, 5) is 21.4. The topological polar surface area (TPSA) is 54.9 Å². The first-order valence-corrected chi connectivity index (χ1v) is 7.64. The van der Waals surface area contributed by atoms with Gasteiger partial charge in [0.15, 0.2) is 0 Å². The Hall–Kier alpha value is -2.46. The van der Waals surface area contributed by atoms with Crippen molar-refractivity contribution in [2.75, 3.05) is 5.32 Å². The van der Waals surface area contributed by atoms with E-state index in [0.29, 0.717) is 21.8 Å². The van der Waals surface area contributed by atoms with E-state index in [0.717, 1.165) is 22.5 Å². The summed E-state index contributed by atoms with van der Waals surface area (Å²) in [6.07, 6.45) is 0. The molecule has 0 unspecified atom stereocenters. The van der Waals surface area contributed by atoms with Crippen molar-refractivity contribution in [3.05, 3.63) is 63.9 Å². The highest BCUT2D eigenvalue weighted by molar-refractivity contribution is 6.31. The number of hydrogen-bond donors (Lipinski definition) is 1. The minimum atomic E-state index is -0.202. The van der Waals surface area contributed by atoms with Gasteiger partial charge in [0.2, 0.25) is 0 Å². The zero-order valence-electron chi connectivity index (χ0n) is 13.1. The first-order chi connectivity index (χ1) is 10.9. The van der Waals surface area contributed by atoms with Gasteiger partial charge in [0.05, 0.1) is 22.4 Å². The molecule has 1 aromatic heterocycles. The molecule has 3 rings (SSSR count). The van der Waals surface area contributed by atoms with Crippen LogP contribution in [0, 0.1) is 20.8 Å². The second-order valence-corrected chi connectivity index (χ2v) is 5.92. The molecule has 0 aliphatic heterocycles. The number of rotatable bonds is 2. The predicted molar refractivity (Wildman–Crippen MR) is 93.2 cm³/mol. The summed E-state index contributed by atoms with van der Waals surface area (Å²) < 4.78 is 0. The van der Waals surface area contributed by atoms with Crippen LogP contribution in [0.25, 0.3) is 11.0 Å². The number of aromatic nitrogens is 2.